The van der Waals surface area contributed by atoms with Gasteiger partial charge in [-0.1, -0.05) is 18.2 Å². The van der Waals surface area contributed by atoms with Crippen LogP contribution in [0.25, 0.3) is 11.3 Å². The fourth-order valence-electron chi connectivity index (χ4n) is 1.29. The molecule has 0 spiro atoms. The van der Waals surface area contributed by atoms with E-state index in [2.05, 4.69) is 25.9 Å². The molecular formula is C11H9BrN2O. The third kappa shape index (κ3) is 2.40. The van der Waals surface area contributed by atoms with Gasteiger partial charge in [0.05, 0.1) is 24.7 Å². The summed E-state index contributed by atoms with van der Waals surface area (Å²) in [4.78, 5) is 8.34. The van der Waals surface area contributed by atoms with E-state index in [4.69, 9.17) is 5.11 Å². The molecule has 3 nitrogen and oxygen atoms in total. The first-order valence-corrected chi connectivity index (χ1v) is 5.26. The van der Waals surface area contributed by atoms with Gasteiger partial charge in [0.15, 0.2) is 0 Å². The van der Waals surface area contributed by atoms with E-state index in [0.717, 1.165) is 16.8 Å². The molecule has 76 valence electrons. The van der Waals surface area contributed by atoms with Crippen LogP contribution in [0.3, 0.4) is 0 Å². The van der Waals surface area contributed by atoms with Crippen LogP contribution in [0.5, 0.6) is 0 Å². The van der Waals surface area contributed by atoms with Gasteiger partial charge in [0.1, 0.15) is 4.60 Å². The topological polar surface area (TPSA) is 46.0 Å². The van der Waals surface area contributed by atoms with Crippen molar-refractivity contribution in [3.63, 3.8) is 0 Å². The van der Waals surface area contributed by atoms with E-state index in [0.29, 0.717) is 4.60 Å². The van der Waals surface area contributed by atoms with Crippen LogP contribution in [0.4, 0.5) is 0 Å². The highest BCUT2D eigenvalue weighted by molar-refractivity contribution is 9.10. The Kier molecular flexibility index (Phi) is 3.08. The first-order valence-electron chi connectivity index (χ1n) is 4.47. The van der Waals surface area contributed by atoms with E-state index >= 15 is 0 Å². The summed E-state index contributed by atoms with van der Waals surface area (Å²) in [6.07, 6.45) is 3.35. The number of benzene rings is 1. The zero-order valence-electron chi connectivity index (χ0n) is 7.89. The molecule has 2 rings (SSSR count). The Morgan fingerprint density at radius 3 is 2.73 bits per heavy atom. The molecule has 0 radical (unpaired) electrons. The summed E-state index contributed by atoms with van der Waals surface area (Å²) < 4.78 is 0.713. The summed E-state index contributed by atoms with van der Waals surface area (Å²) in [7, 11) is 0. The van der Waals surface area contributed by atoms with Crippen molar-refractivity contribution in [2.75, 3.05) is 0 Å². The van der Waals surface area contributed by atoms with Gasteiger partial charge in [-0.15, -0.1) is 0 Å². The molecule has 1 aromatic carbocycles. The summed E-state index contributed by atoms with van der Waals surface area (Å²) in [6, 6.07) is 7.61. The SMILES string of the molecule is OCc1cccc(-c2cnc(Br)cn2)c1. The first-order chi connectivity index (χ1) is 7.29. The van der Waals surface area contributed by atoms with E-state index in [1.165, 1.54) is 0 Å². The van der Waals surface area contributed by atoms with Gasteiger partial charge < -0.3 is 5.11 Å². The fraction of sp³-hybridized carbons (Fsp3) is 0.0909. The lowest BCUT2D eigenvalue weighted by molar-refractivity contribution is 0.282. The van der Waals surface area contributed by atoms with Gasteiger partial charge in [0, 0.05) is 5.56 Å². The number of aliphatic hydroxyl groups is 1. The maximum absolute atomic E-state index is 9.01. The van der Waals surface area contributed by atoms with Gasteiger partial charge in [0.2, 0.25) is 0 Å². The second-order valence-electron chi connectivity index (χ2n) is 3.08. The van der Waals surface area contributed by atoms with E-state index in [9.17, 15) is 0 Å². The fourth-order valence-corrected chi connectivity index (χ4v) is 1.50. The minimum atomic E-state index is 0.0395. The van der Waals surface area contributed by atoms with Gasteiger partial charge in [-0.2, -0.15) is 0 Å². The lowest BCUT2D eigenvalue weighted by Crippen LogP contribution is -1.88. The van der Waals surface area contributed by atoms with Crippen LogP contribution in [-0.2, 0) is 6.61 Å². The number of aliphatic hydroxyl groups excluding tert-OH is 1. The van der Waals surface area contributed by atoms with Crippen LogP contribution in [0.15, 0.2) is 41.3 Å². The van der Waals surface area contributed by atoms with Crippen molar-refractivity contribution in [1.29, 1.82) is 0 Å². The van der Waals surface area contributed by atoms with Crippen molar-refractivity contribution in [1.82, 2.24) is 9.97 Å². The molecule has 1 heterocycles. The van der Waals surface area contributed by atoms with Crippen molar-refractivity contribution in [3.05, 3.63) is 46.8 Å². The maximum Gasteiger partial charge on any atom is 0.124 e. The molecule has 1 aromatic heterocycles. The Hall–Kier alpha value is -1.26. The van der Waals surface area contributed by atoms with Gasteiger partial charge in [-0.3, -0.25) is 4.98 Å². The van der Waals surface area contributed by atoms with Gasteiger partial charge in [-0.05, 0) is 27.6 Å². The number of hydrogen-bond acceptors (Lipinski definition) is 3. The summed E-state index contributed by atoms with van der Waals surface area (Å²) in [5.41, 5.74) is 2.63. The third-order valence-corrected chi connectivity index (χ3v) is 2.44. The Balaban J connectivity index is 2.40. The molecule has 0 amide bonds. The van der Waals surface area contributed by atoms with Crippen molar-refractivity contribution >= 4 is 15.9 Å². The quantitative estimate of drug-likeness (QED) is 0.906. The molecule has 4 heteroatoms. The van der Waals surface area contributed by atoms with E-state index in [1.54, 1.807) is 12.4 Å². The van der Waals surface area contributed by atoms with Crippen molar-refractivity contribution < 1.29 is 5.11 Å². The lowest BCUT2D eigenvalue weighted by atomic mass is 10.1. The highest BCUT2D eigenvalue weighted by atomic mass is 79.9. The van der Waals surface area contributed by atoms with Crippen LogP contribution in [0.1, 0.15) is 5.56 Å². The minimum absolute atomic E-state index is 0.0395. The average molecular weight is 265 g/mol. The second-order valence-corrected chi connectivity index (χ2v) is 3.90. The summed E-state index contributed by atoms with van der Waals surface area (Å²) in [5.74, 6) is 0. The summed E-state index contributed by atoms with van der Waals surface area (Å²) >= 11 is 3.23. The molecule has 2 aromatic rings. The summed E-state index contributed by atoms with van der Waals surface area (Å²) in [5, 5.41) is 9.01. The molecule has 0 unspecified atom stereocenters. The molecule has 1 N–H and O–H groups in total. The van der Waals surface area contributed by atoms with Crippen LogP contribution >= 0.6 is 15.9 Å². The van der Waals surface area contributed by atoms with Crippen LogP contribution in [0, 0.1) is 0 Å². The molecule has 0 aliphatic heterocycles. The predicted molar refractivity (Wildman–Crippen MR) is 61.1 cm³/mol. The van der Waals surface area contributed by atoms with Crippen molar-refractivity contribution in [3.8, 4) is 11.3 Å². The molecule has 0 fully saturated rings. The highest BCUT2D eigenvalue weighted by Gasteiger charge is 2.00. The standard InChI is InChI=1S/C11H9BrN2O/c12-11-6-13-10(5-14-11)9-3-1-2-8(4-9)7-15/h1-6,15H,7H2. The third-order valence-electron chi connectivity index (χ3n) is 2.03. The van der Waals surface area contributed by atoms with Gasteiger partial charge >= 0.3 is 0 Å². The van der Waals surface area contributed by atoms with E-state index < -0.39 is 0 Å². The molecule has 0 saturated heterocycles. The molecule has 0 saturated carbocycles. The Morgan fingerprint density at radius 1 is 1.20 bits per heavy atom. The number of rotatable bonds is 2. The largest absolute Gasteiger partial charge is 0.392 e. The monoisotopic (exact) mass is 264 g/mol. The number of hydrogen-bond donors (Lipinski definition) is 1. The number of nitrogens with zero attached hydrogens (tertiary/aromatic N) is 2. The number of halogens is 1. The average Bonchev–Trinajstić information content (AvgIpc) is 2.30. The van der Waals surface area contributed by atoms with Gasteiger partial charge in [0.25, 0.3) is 0 Å². The van der Waals surface area contributed by atoms with E-state index in [-0.39, 0.29) is 6.61 Å². The second kappa shape index (κ2) is 4.51. The molecule has 0 aliphatic rings. The molecule has 0 aliphatic carbocycles. The van der Waals surface area contributed by atoms with E-state index in [1.807, 2.05) is 24.3 Å². The molecule has 0 atom stereocenters. The van der Waals surface area contributed by atoms with Gasteiger partial charge in [-0.25, -0.2) is 4.98 Å². The predicted octanol–water partition coefficient (Wildman–Crippen LogP) is 2.40. The highest BCUT2D eigenvalue weighted by Crippen LogP contribution is 2.18. The summed E-state index contributed by atoms with van der Waals surface area (Å²) in [6.45, 7) is 0.0395. The normalized spacial score (nSPS) is 10.3. The van der Waals surface area contributed by atoms with Crippen LogP contribution in [-0.4, -0.2) is 15.1 Å². The molecule has 0 bridgehead atoms. The van der Waals surface area contributed by atoms with Crippen LogP contribution < -0.4 is 0 Å². The molecule has 15 heavy (non-hydrogen) atoms. The minimum Gasteiger partial charge on any atom is -0.392 e. The van der Waals surface area contributed by atoms with Crippen molar-refractivity contribution in [2.45, 2.75) is 6.61 Å². The zero-order valence-corrected chi connectivity index (χ0v) is 9.48. The number of aromatic nitrogens is 2. The first kappa shape index (κ1) is 10.3. The lowest BCUT2D eigenvalue weighted by Gasteiger charge is -2.02. The van der Waals surface area contributed by atoms with Crippen molar-refractivity contribution in [2.24, 2.45) is 0 Å². The Bertz CT molecular complexity index is 456. The zero-order chi connectivity index (χ0) is 10.7. The Morgan fingerprint density at radius 2 is 2.07 bits per heavy atom. The molecular weight excluding hydrogens is 256 g/mol. The van der Waals surface area contributed by atoms with Crippen LogP contribution in [0.2, 0.25) is 0 Å². The maximum atomic E-state index is 9.01. The smallest absolute Gasteiger partial charge is 0.124 e. The Labute approximate surface area is 96.0 Å².